The summed E-state index contributed by atoms with van der Waals surface area (Å²) in [6.45, 7) is 4.08. The second kappa shape index (κ2) is 6.35. The lowest BCUT2D eigenvalue weighted by Gasteiger charge is -2.07. The number of nitrogens with one attached hydrogen (secondary N) is 2. The van der Waals surface area contributed by atoms with Crippen molar-refractivity contribution in [1.82, 2.24) is 10.6 Å². The van der Waals surface area contributed by atoms with Crippen molar-refractivity contribution in [3.8, 4) is 5.75 Å². The van der Waals surface area contributed by atoms with E-state index in [4.69, 9.17) is 11.6 Å². The van der Waals surface area contributed by atoms with Crippen molar-refractivity contribution in [1.29, 1.82) is 0 Å². The quantitative estimate of drug-likeness (QED) is 0.684. The number of likely N-dealkylation sites (N-methyl/N-ethyl adjacent to an activating group) is 1. The first-order chi connectivity index (χ1) is 7.65. The zero-order valence-corrected chi connectivity index (χ0v) is 9.84. The van der Waals surface area contributed by atoms with E-state index in [1.807, 2.05) is 6.92 Å². The molecule has 88 valence electrons. The molecule has 0 fully saturated rings. The molecule has 0 bridgehead atoms. The van der Waals surface area contributed by atoms with Crippen LogP contribution in [0.2, 0.25) is 5.02 Å². The molecule has 0 aliphatic heterocycles. The Balaban J connectivity index is 2.53. The van der Waals surface area contributed by atoms with Crippen molar-refractivity contribution in [3.05, 3.63) is 28.8 Å². The van der Waals surface area contributed by atoms with Crippen molar-refractivity contribution in [2.24, 2.45) is 0 Å². The highest BCUT2D eigenvalue weighted by Crippen LogP contribution is 2.21. The molecule has 0 saturated heterocycles. The topological polar surface area (TPSA) is 61.4 Å². The number of phenolic OH excluding ortho intramolecular Hbond substituents is 1. The Hall–Kier alpha value is -1.26. The zero-order chi connectivity index (χ0) is 12.0. The normalized spacial score (nSPS) is 10.1. The van der Waals surface area contributed by atoms with Crippen molar-refractivity contribution >= 4 is 17.5 Å². The van der Waals surface area contributed by atoms with Gasteiger partial charge in [-0.3, -0.25) is 4.79 Å². The third-order valence-electron chi connectivity index (χ3n) is 2.04. The van der Waals surface area contributed by atoms with Gasteiger partial charge in [0.1, 0.15) is 5.75 Å². The summed E-state index contributed by atoms with van der Waals surface area (Å²) in [7, 11) is 0. The maximum absolute atomic E-state index is 11.6. The van der Waals surface area contributed by atoms with Gasteiger partial charge < -0.3 is 15.7 Å². The van der Waals surface area contributed by atoms with Crippen molar-refractivity contribution in [2.75, 3.05) is 19.6 Å². The van der Waals surface area contributed by atoms with Crippen molar-refractivity contribution in [2.45, 2.75) is 6.92 Å². The maximum Gasteiger partial charge on any atom is 0.255 e. The average Bonchev–Trinajstić information content (AvgIpc) is 2.24. The molecular formula is C11H15ClN2O2. The fourth-order valence-corrected chi connectivity index (χ4v) is 1.40. The van der Waals surface area contributed by atoms with Gasteiger partial charge in [0.05, 0.1) is 5.56 Å². The summed E-state index contributed by atoms with van der Waals surface area (Å²) in [6.07, 6.45) is 0. The van der Waals surface area contributed by atoms with Crippen LogP contribution in [0.1, 0.15) is 17.3 Å². The van der Waals surface area contributed by atoms with E-state index in [0.29, 0.717) is 18.1 Å². The first kappa shape index (κ1) is 12.8. The maximum atomic E-state index is 11.6. The predicted octanol–water partition coefficient (Wildman–Crippen LogP) is 1.38. The van der Waals surface area contributed by atoms with Gasteiger partial charge in [-0.15, -0.1) is 0 Å². The van der Waals surface area contributed by atoms with E-state index in [9.17, 15) is 9.90 Å². The zero-order valence-electron chi connectivity index (χ0n) is 9.09. The van der Waals surface area contributed by atoms with E-state index in [1.165, 1.54) is 12.1 Å². The number of hydrogen-bond donors (Lipinski definition) is 3. The molecule has 3 N–H and O–H groups in total. The molecule has 1 aromatic rings. The highest BCUT2D eigenvalue weighted by Gasteiger charge is 2.10. The van der Waals surface area contributed by atoms with Crippen LogP contribution in [0, 0.1) is 0 Å². The third-order valence-corrected chi connectivity index (χ3v) is 2.28. The molecule has 0 radical (unpaired) electrons. The largest absolute Gasteiger partial charge is 0.507 e. The number of amides is 1. The summed E-state index contributed by atoms with van der Waals surface area (Å²) in [5, 5.41) is 15.7. The van der Waals surface area contributed by atoms with Gasteiger partial charge in [0.15, 0.2) is 0 Å². The minimum Gasteiger partial charge on any atom is -0.507 e. The molecule has 0 atom stereocenters. The van der Waals surface area contributed by atoms with Gasteiger partial charge >= 0.3 is 0 Å². The van der Waals surface area contributed by atoms with E-state index in [2.05, 4.69) is 10.6 Å². The van der Waals surface area contributed by atoms with Gasteiger partial charge in [0.2, 0.25) is 0 Å². The lowest BCUT2D eigenvalue weighted by molar-refractivity contribution is 0.0951. The summed E-state index contributed by atoms with van der Waals surface area (Å²) < 4.78 is 0. The lowest BCUT2D eigenvalue weighted by atomic mass is 10.2. The molecule has 0 spiro atoms. The van der Waals surface area contributed by atoms with Crippen LogP contribution >= 0.6 is 11.6 Å². The second-order valence-corrected chi connectivity index (χ2v) is 3.71. The van der Waals surface area contributed by atoms with Gasteiger partial charge in [-0.05, 0) is 24.7 Å². The van der Waals surface area contributed by atoms with Crippen LogP contribution in [0.15, 0.2) is 18.2 Å². The number of hydrogen-bond acceptors (Lipinski definition) is 3. The second-order valence-electron chi connectivity index (χ2n) is 3.27. The molecule has 4 nitrogen and oxygen atoms in total. The van der Waals surface area contributed by atoms with Crippen LogP contribution in [0.3, 0.4) is 0 Å². The Morgan fingerprint density at radius 3 is 2.81 bits per heavy atom. The molecule has 1 aromatic carbocycles. The monoisotopic (exact) mass is 242 g/mol. The standard InChI is InChI=1S/C11H15ClN2O2/c1-2-13-5-6-14-11(16)9-4-3-8(12)7-10(9)15/h3-4,7,13,15H,2,5-6H2,1H3,(H,14,16). The molecule has 5 heteroatoms. The molecule has 0 aromatic heterocycles. The number of phenols is 1. The Labute approximate surface area is 99.6 Å². The van der Waals surface area contributed by atoms with Crippen LogP contribution in [0.25, 0.3) is 0 Å². The van der Waals surface area contributed by atoms with Crippen LogP contribution in [0.5, 0.6) is 5.75 Å². The molecule has 0 heterocycles. The molecule has 0 aliphatic rings. The summed E-state index contributed by atoms with van der Waals surface area (Å²) in [4.78, 5) is 11.6. The fraction of sp³-hybridized carbons (Fsp3) is 0.364. The lowest BCUT2D eigenvalue weighted by Crippen LogP contribution is -2.31. The van der Waals surface area contributed by atoms with Crippen LogP contribution < -0.4 is 10.6 Å². The van der Waals surface area contributed by atoms with Gasteiger partial charge in [0.25, 0.3) is 5.91 Å². The predicted molar refractivity (Wildman–Crippen MR) is 64.0 cm³/mol. The van der Waals surface area contributed by atoms with Crippen LogP contribution in [-0.2, 0) is 0 Å². The van der Waals surface area contributed by atoms with Gasteiger partial charge in [-0.2, -0.15) is 0 Å². The minimum absolute atomic E-state index is 0.103. The number of aromatic hydroxyl groups is 1. The molecule has 0 aliphatic carbocycles. The van der Waals surface area contributed by atoms with E-state index in [1.54, 1.807) is 6.07 Å². The first-order valence-corrected chi connectivity index (χ1v) is 5.50. The summed E-state index contributed by atoms with van der Waals surface area (Å²) in [5.41, 5.74) is 0.237. The SMILES string of the molecule is CCNCCNC(=O)c1ccc(Cl)cc1O. The van der Waals surface area contributed by atoms with Crippen LogP contribution in [0.4, 0.5) is 0 Å². The Morgan fingerprint density at radius 1 is 1.44 bits per heavy atom. The van der Waals surface area contributed by atoms with Crippen molar-refractivity contribution in [3.63, 3.8) is 0 Å². The minimum atomic E-state index is -0.299. The highest BCUT2D eigenvalue weighted by molar-refractivity contribution is 6.30. The molecular weight excluding hydrogens is 228 g/mol. The average molecular weight is 243 g/mol. The van der Waals surface area contributed by atoms with E-state index in [-0.39, 0.29) is 17.2 Å². The Morgan fingerprint density at radius 2 is 2.19 bits per heavy atom. The summed E-state index contributed by atoms with van der Waals surface area (Å²) in [6, 6.07) is 4.42. The smallest absolute Gasteiger partial charge is 0.255 e. The molecule has 0 saturated carbocycles. The molecule has 16 heavy (non-hydrogen) atoms. The van der Waals surface area contributed by atoms with E-state index >= 15 is 0 Å². The molecule has 0 unspecified atom stereocenters. The Bertz CT molecular complexity index is 369. The van der Waals surface area contributed by atoms with Gasteiger partial charge in [0, 0.05) is 18.1 Å². The number of benzene rings is 1. The van der Waals surface area contributed by atoms with Crippen LogP contribution in [-0.4, -0.2) is 30.6 Å². The summed E-state index contributed by atoms with van der Waals surface area (Å²) in [5.74, 6) is -0.402. The van der Waals surface area contributed by atoms with E-state index < -0.39 is 0 Å². The van der Waals surface area contributed by atoms with E-state index in [0.717, 1.165) is 6.54 Å². The number of rotatable bonds is 5. The van der Waals surface area contributed by atoms with Gasteiger partial charge in [-0.25, -0.2) is 0 Å². The van der Waals surface area contributed by atoms with Crippen molar-refractivity contribution < 1.29 is 9.90 Å². The third kappa shape index (κ3) is 3.72. The Kier molecular flexibility index (Phi) is 5.08. The first-order valence-electron chi connectivity index (χ1n) is 5.12. The summed E-state index contributed by atoms with van der Waals surface area (Å²) >= 11 is 5.67. The number of halogens is 1. The molecule has 1 amide bonds. The molecule has 1 rings (SSSR count). The van der Waals surface area contributed by atoms with Gasteiger partial charge in [-0.1, -0.05) is 18.5 Å². The number of carbonyl (C=O) groups is 1. The highest BCUT2D eigenvalue weighted by atomic mass is 35.5. The number of carbonyl (C=O) groups excluding carboxylic acids is 1. The fourth-order valence-electron chi connectivity index (χ4n) is 1.23.